The van der Waals surface area contributed by atoms with E-state index in [0.717, 1.165) is 6.26 Å². The summed E-state index contributed by atoms with van der Waals surface area (Å²) in [6, 6.07) is 2.77. The molecule has 8 heteroatoms. The molecule has 0 saturated carbocycles. The highest BCUT2D eigenvalue weighted by atomic mass is 35.5. The van der Waals surface area contributed by atoms with Crippen molar-refractivity contribution in [3.8, 4) is 0 Å². The summed E-state index contributed by atoms with van der Waals surface area (Å²) in [7, 11) is -3.70. The van der Waals surface area contributed by atoms with Gasteiger partial charge in [-0.2, -0.15) is 8.42 Å². The first-order valence-corrected chi connectivity index (χ1v) is 7.27. The molecule has 0 fully saturated rings. The van der Waals surface area contributed by atoms with Crippen LogP contribution in [0.25, 0.3) is 6.08 Å². The number of nitrogens with zero attached hydrogens (tertiary/aromatic N) is 1. The summed E-state index contributed by atoms with van der Waals surface area (Å²) in [6.07, 6.45) is 2.11. The van der Waals surface area contributed by atoms with Crippen molar-refractivity contribution in [3.63, 3.8) is 0 Å². The summed E-state index contributed by atoms with van der Waals surface area (Å²) in [4.78, 5) is 26.6. The molecular formula is C11H8ClNO5S. The first kappa shape index (κ1) is 13.9. The third-order valence-electron chi connectivity index (χ3n) is 2.33. The summed E-state index contributed by atoms with van der Waals surface area (Å²) in [5, 5.41) is 0.945. The van der Waals surface area contributed by atoms with Gasteiger partial charge in [0.1, 0.15) is 6.61 Å². The van der Waals surface area contributed by atoms with Crippen LogP contribution in [0.1, 0.15) is 10.4 Å². The van der Waals surface area contributed by atoms with Gasteiger partial charge in [0.05, 0.1) is 16.6 Å². The van der Waals surface area contributed by atoms with E-state index in [4.69, 9.17) is 11.6 Å². The molecule has 0 radical (unpaired) electrons. The Balaban J connectivity index is 2.35. The van der Waals surface area contributed by atoms with Gasteiger partial charge in [0.15, 0.2) is 5.78 Å². The van der Waals surface area contributed by atoms with Gasteiger partial charge in [-0.1, -0.05) is 11.6 Å². The molecule has 1 aromatic rings. The fraction of sp³-hybridized carbons (Fsp3) is 0.182. The molecule has 0 atom stereocenters. The fourth-order valence-corrected chi connectivity index (χ4v) is 2.11. The number of rotatable bonds is 4. The minimum absolute atomic E-state index is 0.0882. The lowest BCUT2D eigenvalue weighted by Gasteiger charge is -2.03. The summed E-state index contributed by atoms with van der Waals surface area (Å²) in [5.74, 6) is -1.02. The molecule has 100 valence electrons. The first-order valence-electron chi connectivity index (χ1n) is 5.08. The average molecular weight is 302 g/mol. The number of ketones is 1. The van der Waals surface area contributed by atoms with Crippen molar-refractivity contribution in [2.45, 2.75) is 0 Å². The maximum absolute atomic E-state index is 11.8. The zero-order valence-corrected chi connectivity index (χ0v) is 11.3. The van der Waals surface area contributed by atoms with E-state index in [2.05, 4.69) is 9.18 Å². The van der Waals surface area contributed by atoms with E-state index in [0.29, 0.717) is 10.6 Å². The van der Waals surface area contributed by atoms with Gasteiger partial charge in [0, 0.05) is 16.9 Å². The van der Waals surface area contributed by atoms with E-state index in [1.54, 1.807) is 0 Å². The molecule has 1 aliphatic heterocycles. The van der Waals surface area contributed by atoms with Crippen LogP contribution in [0.2, 0.25) is 5.02 Å². The molecule has 0 saturated heterocycles. The monoisotopic (exact) mass is 301 g/mol. The fourth-order valence-electron chi connectivity index (χ4n) is 1.53. The van der Waals surface area contributed by atoms with Crippen molar-refractivity contribution >= 4 is 39.5 Å². The van der Waals surface area contributed by atoms with E-state index in [1.165, 1.54) is 18.2 Å². The van der Waals surface area contributed by atoms with Crippen LogP contribution in [-0.2, 0) is 19.1 Å². The minimum Gasteiger partial charge on any atom is -0.291 e. The Bertz CT molecular complexity index is 797. The SMILES string of the molecule is CS(=O)(=O)OCC(=O)c1cc2c(cc1Cl)=NC(=O)C=2. The number of hydrogen-bond donors (Lipinski definition) is 0. The molecule has 0 bridgehead atoms. The molecule has 0 aliphatic carbocycles. The number of fused-ring (bicyclic) bond motifs is 1. The van der Waals surface area contributed by atoms with Gasteiger partial charge in [0.25, 0.3) is 16.0 Å². The van der Waals surface area contributed by atoms with Gasteiger partial charge in [-0.15, -0.1) is 0 Å². The van der Waals surface area contributed by atoms with E-state index < -0.39 is 28.4 Å². The Labute approximate surface area is 113 Å². The van der Waals surface area contributed by atoms with Crippen molar-refractivity contribution < 1.29 is 22.2 Å². The second-order valence-electron chi connectivity index (χ2n) is 3.87. The summed E-state index contributed by atoms with van der Waals surface area (Å²) in [5.41, 5.74) is 0.0882. The van der Waals surface area contributed by atoms with Crippen molar-refractivity contribution in [3.05, 3.63) is 33.3 Å². The number of hydrogen-bond acceptors (Lipinski definition) is 5. The Morgan fingerprint density at radius 2 is 2.11 bits per heavy atom. The zero-order chi connectivity index (χ0) is 14.2. The van der Waals surface area contributed by atoms with Crippen molar-refractivity contribution in [2.24, 2.45) is 4.99 Å². The maximum Gasteiger partial charge on any atom is 0.270 e. The van der Waals surface area contributed by atoms with Crippen molar-refractivity contribution in [2.75, 3.05) is 12.9 Å². The van der Waals surface area contributed by atoms with Crippen LogP contribution in [0.3, 0.4) is 0 Å². The maximum atomic E-state index is 11.8. The van der Waals surface area contributed by atoms with E-state index in [9.17, 15) is 18.0 Å². The number of carbonyl (C=O) groups is 2. The summed E-state index contributed by atoms with van der Waals surface area (Å²) < 4.78 is 26.0. The number of halogens is 1. The molecule has 1 aliphatic rings. The molecule has 2 rings (SSSR count). The van der Waals surface area contributed by atoms with Crippen LogP contribution in [0.5, 0.6) is 0 Å². The van der Waals surface area contributed by atoms with Crippen LogP contribution < -0.4 is 10.6 Å². The number of amides is 1. The van der Waals surface area contributed by atoms with Crippen LogP contribution in [0.15, 0.2) is 17.1 Å². The van der Waals surface area contributed by atoms with E-state index in [1.807, 2.05) is 0 Å². The molecule has 1 amide bonds. The smallest absolute Gasteiger partial charge is 0.270 e. The highest BCUT2D eigenvalue weighted by molar-refractivity contribution is 7.86. The van der Waals surface area contributed by atoms with Gasteiger partial charge in [-0.05, 0) is 12.1 Å². The third kappa shape index (κ3) is 3.25. The Hall–Kier alpha value is -1.57. The molecule has 0 aromatic heterocycles. The largest absolute Gasteiger partial charge is 0.291 e. The number of carbonyl (C=O) groups excluding carboxylic acids is 2. The average Bonchev–Trinajstić information content (AvgIpc) is 2.63. The first-order chi connectivity index (χ1) is 8.76. The molecule has 6 nitrogen and oxygen atoms in total. The van der Waals surface area contributed by atoms with Gasteiger partial charge in [0.2, 0.25) is 0 Å². The lowest BCUT2D eigenvalue weighted by atomic mass is 10.1. The summed E-state index contributed by atoms with van der Waals surface area (Å²) in [6.45, 7) is -0.636. The minimum atomic E-state index is -3.70. The van der Waals surface area contributed by atoms with Crippen molar-refractivity contribution in [1.82, 2.24) is 0 Å². The Morgan fingerprint density at radius 3 is 2.74 bits per heavy atom. The van der Waals surface area contributed by atoms with Crippen LogP contribution in [-0.4, -0.2) is 33.0 Å². The predicted octanol–water partition coefficient (Wildman–Crippen LogP) is -0.561. The zero-order valence-electron chi connectivity index (χ0n) is 9.71. The lowest BCUT2D eigenvalue weighted by molar-refractivity contribution is -0.112. The standard InChI is InChI=1S/C11H8ClNO5S/c1-19(16,17)18-5-10(14)7-2-6-3-11(15)13-9(6)4-8(7)12/h2-4H,5H2,1H3. The second kappa shape index (κ2) is 4.84. The molecule has 0 N–H and O–H groups in total. The second-order valence-corrected chi connectivity index (χ2v) is 5.93. The highest BCUT2D eigenvalue weighted by Crippen LogP contribution is 2.13. The molecule has 1 heterocycles. The molecule has 1 aromatic carbocycles. The number of Topliss-reactive ketones (excluding diaryl/α,β-unsaturated/α-hetero) is 1. The molecule has 0 spiro atoms. The van der Waals surface area contributed by atoms with Crippen LogP contribution >= 0.6 is 11.6 Å². The predicted molar refractivity (Wildman–Crippen MR) is 66.8 cm³/mol. The van der Waals surface area contributed by atoms with E-state index >= 15 is 0 Å². The topological polar surface area (TPSA) is 89.9 Å². The normalized spacial score (nSPS) is 13.7. The quantitative estimate of drug-likeness (QED) is 0.549. The summed E-state index contributed by atoms with van der Waals surface area (Å²) >= 11 is 5.89. The van der Waals surface area contributed by atoms with Gasteiger partial charge >= 0.3 is 0 Å². The number of benzene rings is 1. The third-order valence-corrected chi connectivity index (χ3v) is 3.19. The van der Waals surface area contributed by atoms with Crippen molar-refractivity contribution in [1.29, 1.82) is 0 Å². The highest BCUT2D eigenvalue weighted by Gasteiger charge is 2.16. The van der Waals surface area contributed by atoms with Gasteiger partial charge < -0.3 is 0 Å². The lowest BCUT2D eigenvalue weighted by Crippen LogP contribution is -2.24. The molecule has 19 heavy (non-hydrogen) atoms. The van der Waals surface area contributed by atoms with E-state index in [-0.39, 0.29) is 10.6 Å². The van der Waals surface area contributed by atoms with Crippen LogP contribution in [0, 0.1) is 0 Å². The van der Waals surface area contributed by atoms with Gasteiger partial charge in [-0.25, -0.2) is 4.99 Å². The molecular weight excluding hydrogens is 294 g/mol. The Morgan fingerprint density at radius 1 is 1.42 bits per heavy atom. The van der Waals surface area contributed by atoms with Gasteiger partial charge in [-0.3, -0.25) is 13.8 Å². The molecule has 0 unspecified atom stereocenters. The Kier molecular flexibility index (Phi) is 3.53. The van der Waals surface area contributed by atoms with Crippen LogP contribution in [0.4, 0.5) is 0 Å².